The predicted molar refractivity (Wildman–Crippen MR) is 63.6 cm³/mol. The van der Waals surface area contributed by atoms with Gasteiger partial charge in [0.15, 0.2) is 0 Å². The molecule has 0 rings (SSSR count). The molecular weight excluding hydrogens is 180 g/mol. The van der Waals surface area contributed by atoms with Crippen molar-refractivity contribution in [3.8, 4) is 0 Å². The van der Waals surface area contributed by atoms with E-state index in [-0.39, 0.29) is 5.48 Å². The molecule has 0 aromatic rings. The molecule has 3 heteroatoms. The molecule has 0 aliphatic rings. The quantitative estimate of drug-likeness (QED) is 0.775. The fourth-order valence-corrected chi connectivity index (χ4v) is 0.333. The van der Waals surface area contributed by atoms with Crippen LogP contribution in [0.15, 0.2) is 0 Å². The van der Waals surface area contributed by atoms with Crippen molar-refractivity contribution in [1.29, 1.82) is 0 Å². The van der Waals surface area contributed by atoms with Crippen LogP contribution in [0.25, 0.3) is 0 Å². The molecule has 14 heavy (non-hydrogen) atoms. The van der Waals surface area contributed by atoms with E-state index in [1.165, 1.54) is 6.42 Å². The molecule has 0 aromatic heterocycles. The lowest BCUT2D eigenvalue weighted by Crippen LogP contribution is -1.96. The second-order valence-electron chi connectivity index (χ2n) is 3.65. The molecule has 0 amide bonds. The second-order valence-corrected chi connectivity index (χ2v) is 3.65. The highest BCUT2D eigenvalue weighted by Crippen LogP contribution is 1.93. The number of rotatable bonds is 3. The Labute approximate surface area is 89.8 Å². The van der Waals surface area contributed by atoms with Crippen LogP contribution < -0.4 is 0 Å². The topological polar surface area (TPSA) is 61.0 Å². The van der Waals surface area contributed by atoms with Gasteiger partial charge in [-0.25, -0.2) is 0 Å². The van der Waals surface area contributed by atoms with Gasteiger partial charge in [0.05, 0.1) is 0 Å². The van der Waals surface area contributed by atoms with Crippen LogP contribution in [0.4, 0.5) is 0 Å². The van der Waals surface area contributed by atoms with Gasteiger partial charge in [-0.2, -0.15) is 0 Å². The maximum absolute atomic E-state index is 7.00. The predicted octanol–water partition coefficient (Wildman–Crippen LogP) is 2.13. The fourth-order valence-electron chi connectivity index (χ4n) is 0.333. The van der Waals surface area contributed by atoms with Gasteiger partial charge >= 0.3 is 0 Å². The van der Waals surface area contributed by atoms with Crippen molar-refractivity contribution < 1.29 is 15.3 Å². The molecule has 92 valence electrons. The van der Waals surface area contributed by atoms with Crippen molar-refractivity contribution in [3.05, 3.63) is 0 Å². The molecule has 0 bridgehead atoms. The molecule has 0 radical (unpaired) electrons. The monoisotopic (exact) mass is 210 g/mol. The minimum Gasteiger partial charge on any atom is -0.412 e. The second kappa shape index (κ2) is 23.1. The van der Waals surface area contributed by atoms with Crippen molar-refractivity contribution in [2.45, 2.75) is 41.0 Å². The molecular formula is C11H30O3. The number of hydrogen-bond donors (Lipinski definition) is 1. The Kier molecular flexibility index (Phi) is 38.8. The van der Waals surface area contributed by atoms with E-state index in [4.69, 9.17) is 9.84 Å². The van der Waals surface area contributed by atoms with Crippen LogP contribution in [0.1, 0.15) is 41.0 Å². The van der Waals surface area contributed by atoms with Crippen LogP contribution in [0.2, 0.25) is 0 Å². The molecule has 0 aliphatic carbocycles. The number of aliphatic hydroxyl groups excluding tert-OH is 1. The van der Waals surface area contributed by atoms with Crippen molar-refractivity contribution in [1.82, 2.24) is 0 Å². The maximum Gasteiger partial charge on any atom is 0.0485 e. The van der Waals surface area contributed by atoms with E-state index in [9.17, 15) is 0 Å². The van der Waals surface area contributed by atoms with Gasteiger partial charge in [0.25, 0.3) is 0 Å². The minimum atomic E-state index is 0. The van der Waals surface area contributed by atoms with E-state index in [1.807, 2.05) is 0 Å². The smallest absolute Gasteiger partial charge is 0.0485 e. The third-order valence-corrected chi connectivity index (χ3v) is 1.32. The van der Waals surface area contributed by atoms with Crippen LogP contribution in [-0.4, -0.2) is 31.4 Å². The van der Waals surface area contributed by atoms with Crippen LogP contribution >= 0.6 is 0 Å². The molecule has 0 spiro atoms. The summed E-state index contributed by atoms with van der Waals surface area (Å²) in [5.74, 6) is 1.56. The van der Waals surface area contributed by atoms with Gasteiger partial charge in [-0.1, -0.05) is 41.0 Å². The number of ether oxygens (including phenoxy) is 1. The first kappa shape index (κ1) is 23.6. The third-order valence-electron chi connectivity index (χ3n) is 1.32. The Morgan fingerprint density at radius 3 is 1.29 bits per heavy atom. The first-order valence-corrected chi connectivity index (χ1v) is 4.98. The summed E-state index contributed by atoms with van der Waals surface area (Å²) in [6, 6.07) is 0. The molecule has 0 aromatic carbocycles. The molecule has 0 saturated heterocycles. The highest BCUT2D eigenvalue weighted by Gasteiger charge is 1.85. The normalized spacial score (nSPS) is 8.14. The molecule has 0 atom stereocenters. The van der Waals surface area contributed by atoms with Gasteiger partial charge in [0.1, 0.15) is 0 Å². The van der Waals surface area contributed by atoms with Crippen LogP contribution in [0.5, 0.6) is 0 Å². The zero-order valence-corrected chi connectivity index (χ0v) is 10.9. The number of methoxy groups -OCH3 is 1. The van der Waals surface area contributed by atoms with E-state index in [0.29, 0.717) is 5.92 Å². The highest BCUT2D eigenvalue weighted by molar-refractivity contribution is 4.35. The number of aliphatic hydroxyl groups is 1. The van der Waals surface area contributed by atoms with Crippen LogP contribution in [-0.2, 0) is 4.74 Å². The summed E-state index contributed by atoms with van der Waals surface area (Å²) in [5, 5.41) is 7.00. The van der Waals surface area contributed by atoms with Crippen LogP contribution in [0, 0.1) is 11.8 Å². The summed E-state index contributed by atoms with van der Waals surface area (Å²) in [5.41, 5.74) is 0. The van der Waals surface area contributed by atoms with Gasteiger partial charge < -0.3 is 15.3 Å². The summed E-state index contributed by atoms with van der Waals surface area (Å²) >= 11 is 0. The van der Waals surface area contributed by atoms with Gasteiger partial charge in [-0.3, -0.25) is 0 Å². The summed E-state index contributed by atoms with van der Waals surface area (Å²) in [6.45, 7) is 11.8. The third kappa shape index (κ3) is 59.1. The standard InChI is InChI=1S/C5H12O.C5H12.CH4O.H2O/c1-5(2)4-6-3;1-4-5(2)3;1-2;/h5H,4H2,1-3H3;5H,4H2,1-3H3;2H,1H3;1H2. The first-order valence-electron chi connectivity index (χ1n) is 4.98. The zero-order chi connectivity index (χ0) is 11.3. The van der Waals surface area contributed by atoms with Gasteiger partial charge in [-0.05, 0) is 11.8 Å². The maximum atomic E-state index is 7.00. The largest absolute Gasteiger partial charge is 0.412 e. The molecule has 0 heterocycles. The van der Waals surface area contributed by atoms with Crippen molar-refractivity contribution in [3.63, 3.8) is 0 Å². The Bertz CT molecular complexity index is 63.6. The molecule has 3 N–H and O–H groups in total. The van der Waals surface area contributed by atoms with Gasteiger partial charge in [0.2, 0.25) is 0 Å². The summed E-state index contributed by atoms with van der Waals surface area (Å²) < 4.78 is 4.80. The van der Waals surface area contributed by atoms with Crippen molar-refractivity contribution in [2.24, 2.45) is 11.8 Å². The Morgan fingerprint density at radius 2 is 1.29 bits per heavy atom. The molecule has 0 unspecified atom stereocenters. The average Bonchev–Trinajstić information content (AvgIpc) is 2.09. The molecule has 0 aliphatic heterocycles. The summed E-state index contributed by atoms with van der Waals surface area (Å²) in [4.78, 5) is 0. The van der Waals surface area contributed by atoms with E-state index in [0.717, 1.165) is 19.6 Å². The SMILES string of the molecule is CCC(C)C.CO.COCC(C)C.O. The van der Waals surface area contributed by atoms with E-state index in [2.05, 4.69) is 34.6 Å². The Balaban J connectivity index is -0.0000000576. The Morgan fingerprint density at radius 1 is 1.00 bits per heavy atom. The molecule has 0 saturated carbocycles. The summed E-state index contributed by atoms with van der Waals surface area (Å²) in [6.07, 6.45) is 1.31. The minimum absolute atomic E-state index is 0. The first-order chi connectivity index (χ1) is 6.04. The van der Waals surface area contributed by atoms with E-state index >= 15 is 0 Å². The van der Waals surface area contributed by atoms with Crippen LogP contribution in [0.3, 0.4) is 0 Å². The van der Waals surface area contributed by atoms with Gasteiger partial charge in [0, 0.05) is 20.8 Å². The van der Waals surface area contributed by atoms with E-state index < -0.39 is 0 Å². The van der Waals surface area contributed by atoms with Crippen molar-refractivity contribution in [2.75, 3.05) is 20.8 Å². The lowest BCUT2D eigenvalue weighted by Gasteiger charge is -1.97. The Hall–Kier alpha value is -0.120. The lowest BCUT2D eigenvalue weighted by atomic mass is 10.2. The molecule has 3 nitrogen and oxygen atoms in total. The summed E-state index contributed by atoms with van der Waals surface area (Å²) in [7, 11) is 2.72. The fraction of sp³-hybridized carbons (Fsp3) is 1.00. The molecule has 0 fully saturated rings. The highest BCUT2D eigenvalue weighted by atomic mass is 16.5. The lowest BCUT2D eigenvalue weighted by molar-refractivity contribution is 0.167. The number of hydrogen-bond acceptors (Lipinski definition) is 2. The van der Waals surface area contributed by atoms with Crippen molar-refractivity contribution >= 4 is 0 Å². The van der Waals surface area contributed by atoms with E-state index in [1.54, 1.807) is 7.11 Å². The van der Waals surface area contributed by atoms with Gasteiger partial charge in [-0.15, -0.1) is 0 Å². The zero-order valence-electron chi connectivity index (χ0n) is 10.9. The average molecular weight is 210 g/mol.